The molecule has 0 fully saturated rings. The Morgan fingerprint density at radius 1 is 1.38 bits per heavy atom. The Morgan fingerprint density at radius 3 is 2.92 bits per heavy atom. The molecule has 1 amide bonds. The van der Waals surface area contributed by atoms with Crippen molar-refractivity contribution in [3.05, 3.63) is 30.0 Å². The van der Waals surface area contributed by atoms with Gasteiger partial charge < -0.3 is 10.3 Å². The molecular formula is C18H17N5O. The van der Waals surface area contributed by atoms with Gasteiger partial charge in [0.25, 0.3) is 0 Å². The molecule has 0 spiro atoms. The predicted molar refractivity (Wildman–Crippen MR) is 91.1 cm³/mol. The Bertz CT molecular complexity index is 875. The molecule has 24 heavy (non-hydrogen) atoms. The van der Waals surface area contributed by atoms with Gasteiger partial charge in [0.15, 0.2) is 5.66 Å². The summed E-state index contributed by atoms with van der Waals surface area (Å²) in [7, 11) is 0. The Hall–Kier alpha value is -3.12. The molecule has 0 atom stereocenters. The van der Waals surface area contributed by atoms with Gasteiger partial charge in [0.1, 0.15) is 0 Å². The molecule has 2 aromatic rings. The summed E-state index contributed by atoms with van der Waals surface area (Å²) in [4.78, 5) is 15.3. The first kappa shape index (κ1) is 15.8. The van der Waals surface area contributed by atoms with Crippen molar-refractivity contribution >= 4 is 22.5 Å². The predicted octanol–water partition coefficient (Wildman–Crippen LogP) is 3.53. The fourth-order valence-corrected chi connectivity index (χ4v) is 2.69. The zero-order valence-corrected chi connectivity index (χ0v) is 13.2. The maximum Gasteiger partial charge on any atom is 0.224 e. The van der Waals surface area contributed by atoms with Crippen molar-refractivity contribution in [3.8, 4) is 18.4 Å². The van der Waals surface area contributed by atoms with Gasteiger partial charge in [0, 0.05) is 48.5 Å². The number of carbonyl (C=O) groups is 1. The van der Waals surface area contributed by atoms with Gasteiger partial charge >= 0.3 is 0 Å². The van der Waals surface area contributed by atoms with Gasteiger partial charge in [-0.1, -0.05) is 0 Å². The van der Waals surface area contributed by atoms with Crippen molar-refractivity contribution < 1.29 is 4.79 Å². The topological polar surface area (TPSA) is 93.4 Å². The second-order valence-electron chi connectivity index (χ2n) is 5.84. The number of nitriles is 1. The van der Waals surface area contributed by atoms with Crippen LogP contribution in [0.25, 0.3) is 10.9 Å². The summed E-state index contributed by atoms with van der Waals surface area (Å²) < 4.78 is 0. The lowest BCUT2D eigenvalue weighted by Gasteiger charge is -2.09. The fraction of sp³-hybridized carbons (Fsp3) is 0.333. The fourth-order valence-electron chi connectivity index (χ4n) is 2.69. The third kappa shape index (κ3) is 3.44. The number of anilines is 1. The number of aromatic nitrogens is 1. The lowest BCUT2D eigenvalue weighted by atomic mass is 10.0. The number of terminal acetylenes is 1. The highest BCUT2D eigenvalue weighted by Gasteiger charge is 2.39. The maximum absolute atomic E-state index is 12.2. The second-order valence-corrected chi connectivity index (χ2v) is 5.84. The third-order valence-electron chi connectivity index (χ3n) is 4.13. The van der Waals surface area contributed by atoms with Crippen molar-refractivity contribution in [2.24, 2.45) is 10.2 Å². The minimum atomic E-state index is -0.436. The van der Waals surface area contributed by atoms with Gasteiger partial charge in [0.2, 0.25) is 5.91 Å². The number of carbonyl (C=O) groups excluding carboxylic acids is 1. The summed E-state index contributed by atoms with van der Waals surface area (Å²) in [6.07, 6.45) is 9.64. The van der Waals surface area contributed by atoms with Gasteiger partial charge in [0.05, 0.1) is 12.5 Å². The van der Waals surface area contributed by atoms with Crippen LogP contribution in [0.15, 0.2) is 34.6 Å². The molecule has 1 aromatic carbocycles. The van der Waals surface area contributed by atoms with Gasteiger partial charge in [-0.3, -0.25) is 4.79 Å². The van der Waals surface area contributed by atoms with Gasteiger partial charge in [-0.25, -0.2) is 0 Å². The first-order valence-electron chi connectivity index (χ1n) is 7.80. The molecule has 6 nitrogen and oxygen atoms in total. The van der Waals surface area contributed by atoms with Gasteiger partial charge in [-0.2, -0.15) is 15.5 Å². The minimum Gasteiger partial charge on any atom is -0.361 e. The Kier molecular flexibility index (Phi) is 4.31. The Morgan fingerprint density at radius 2 is 2.21 bits per heavy atom. The van der Waals surface area contributed by atoms with E-state index in [-0.39, 0.29) is 5.91 Å². The van der Waals surface area contributed by atoms with Gasteiger partial charge in [-0.05, 0) is 23.8 Å². The highest BCUT2D eigenvalue weighted by atomic mass is 16.1. The van der Waals surface area contributed by atoms with Gasteiger partial charge in [-0.15, -0.1) is 12.3 Å². The SMILES string of the molecule is C#CCCC1(CCC(=O)Nc2ccc3[nH]cc(CC#N)c3c2)N=N1. The number of amides is 1. The molecular weight excluding hydrogens is 302 g/mol. The van der Waals surface area contributed by atoms with E-state index in [0.29, 0.717) is 37.8 Å². The maximum atomic E-state index is 12.2. The molecule has 6 heteroatoms. The molecule has 1 aromatic heterocycles. The summed E-state index contributed by atoms with van der Waals surface area (Å²) in [5.41, 5.74) is 2.15. The van der Waals surface area contributed by atoms with Crippen LogP contribution < -0.4 is 5.32 Å². The minimum absolute atomic E-state index is 0.0795. The number of fused-ring (bicyclic) bond motifs is 1. The van der Waals surface area contributed by atoms with E-state index in [4.69, 9.17) is 11.7 Å². The average molecular weight is 319 g/mol. The first-order valence-corrected chi connectivity index (χ1v) is 7.80. The highest BCUT2D eigenvalue weighted by molar-refractivity contribution is 5.94. The summed E-state index contributed by atoms with van der Waals surface area (Å²) in [6, 6.07) is 7.76. The third-order valence-corrected chi connectivity index (χ3v) is 4.13. The molecule has 0 saturated carbocycles. The number of aromatic amines is 1. The number of hydrogen-bond donors (Lipinski definition) is 2. The van der Waals surface area contributed by atoms with E-state index in [2.05, 4.69) is 32.5 Å². The zero-order chi connectivity index (χ0) is 17.0. The van der Waals surface area contributed by atoms with E-state index in [1.54, 1.807) is 0 Å². The molecule has 1 aliphatic heterocycles. The second kappa shape index (κ2) is 6.55. The Labute approximate surface area is 140 Å². The molecule has 0 radical (unpaired) electrons. The van der Waals surface area contributed by atoms with E-state index in [0.717, 1.165) is 16.5 Å². The molecule has 120 valence electrons. The molecule has 2 heterocycles. The quantitative estimate of drug-likeness (QED) is 0.764. The van der Waals surface area contributed by atoms with Crippen LogP contribution in [0.1, 0.15) is 31.2 Å². The smallest absolute Gasteiger partial charge is 0.224 e. The van der Waals surface area contributed by atoms with Crippen molar-refractivity contribution in [3.63, 3.8) is 0 Å². The molecule has 0 unspecified atom stereocenters. The molecule has 1 aliphatic rings. The molecule has 3 rings (SSSR count). The highest BCUT2D eigenvalue weighted by Crippen LogP contribution is 2.37. The van der Waals surface area contributed by atoms with E-state index < -0.39 is 5.66 Å². The summed E-state index contributed by atoms with van der Waals surface area (Å²) in [5.74, 6) is 2.50. The first-order chi connectivity index (χ1) is 11.7. The van der Waals surface area contributed by atoms with Crippen molar-refractivity contribution in [1.29, 1.82) is 5.26 Å². The zero-order valence-electron chi connectivity index (χ0n) is 13.2. The number of rotatable bonds is 7. The number of benzene rings is 1. The number of nitrogens with one attached hydrogen (secondary N) is 2. The largest absolute Gasteiger partial charge is 0.361 e. The van der Waals surface area contributed by atoms with Crippen LogP contribution in [-0.2, 0) is 11.2 Å². The van der Waals surface area contributed by atoms with Crippen LogP contribution in [0, 0.1) is 23.7 Å². The monoisotopic (exact) mass is 319 g/mol. The summed E-state index contributed by atoms with van der Waals surface area (Å²) in [5, 5.41) is 20.8. The molecule has 0 bridgehead atoms. The van der Waals surface area contributed by atoms with Crippen LogP contribution in [0.3, 0.4) is 0 Å². The van der Waals surface area contributed by atoms with E-state index in [1.165, 1.54) is 0 Å². The van der Waals surface area contributed by atoms with Crippen LogP contribution in [0.4, 0.5) is 5.69 Å². The lowest BCUT2D eigenvalue weighted by molar-refractivity contribution is -0.116. The number of H-pyrrole nitrogens is 1. The molecule has 0 saturated heterocycles. The van der Waals surface area contributed by atoms with E-state index >= 15 is 0 Å². The van der Waals surface area contributed by atoms with Crippen molar-refractivity contribution in [2.75, 3.05) is 5.32 Å². The molecule has 2 N–H and O–H groups in total. The number of nitrogens with zero attached hydrogens (tertiary/aromatic N) is 3. The normalized spacial score (nSPS) is 14.1. The summed E-state index contributed by atoms with van der Waals surface area (Å²) >= 11 is 0. The van der Waals surface area contributed by atoms with Crippen LogP contribution >= 0.6 is 0 Å². The Balaban J connectivity index is 1.60. The van der Waals surface area contributed by atoms with Crippen LogP contribution in [0.5, 0.6) is 0 Å². The van der Waals surface area contributed by atoms with Crippen molar-refractivity contribution in [2.45, 2.75) is 37.8 Å². The lowest BCUT2D eigenvalue weighted by Crippen LogP contribution is -2.17. The number of hydrogen-bond acceptors (Lipinski definition) is 4. The summed E-state index contributed by atoms with van der Waals surface area (Å²) in [6.45, 7) is 0. The van der Waals surface area contributed by atoms with E-state index in [1.807, 2.05) is 24.4 Å². The molecule has 0 aliphatic carbocycles. The average Bonchev–Trinajstić information content (AvgIpc) is 3.26. The van der Waals surface area contributed by atoms with E-state index in [9.17, 15) is 4.79 Å². The van der Waals surface area contributed by atoms with Crippen molar-refractivity contribution in [1.82, 2.24) is 4.98 Å². The standard InChI is InChI=1S/C18H17N5O/c1-2-3-8-18(22-23-18)9-6-17(24)21-14-4-5-16-15(11-14)13(7-10-19)12-20-16/h1,4-5,11-12,20H,3,6-9H2,(H,21,24). The van der Waals surface area contributed by atoms with Crippen LogP contribution in [0.2, 0.25) is 0 Å². The van der Waals surface area contributed by atoms with Crippen LogP contribution in [-0.4, -0.2) is 16.6 Å².